The van der Waals surface area contributed by atoms with Gasteiger partial charge in [-0.1, -0.05) is 13.8 Å². The summed E-state index contributed by atoms with van der Waals surface area (Å²) in [6.07, 6.45) is 2.73. The maximum absolute atomic E-state index is 5.54. The summed E-state index contributed by atoms with van der Waals surface area (Å²) in [5.74, 6) is 1.01. The number of rotatable bonds is 3. The van der Waals surface area contributed by atoms with Gasteiger partial charge in [0.15, 0.2) is 0 Å². The van der Waals surface area contributed by atoms with Crippen molar-refractivity contribution in [3.63, 3.8) is 0 Å². The highest BCUT2D eigenvalue weighted by Gasteiger charge is 2.22. The smallest absolute Gasteiger partial charge is 0.104 e. The van der Waals surface area contributed by atoms with Gasteiger partial charge in [-0.25, -0.2) is 0 Å². The zero-order chi connectivity index (χ0) is 9.19. The van der Waals surface area contributed by atoms with Gasteiger partial charge in [-0.2, -0.15) is 0 Å². The van der Waals surface area contributed by atoms with Gasteiger partial charge in [-0.05, 0) is 36.9 Å². The van der Waals surface area contributed by atoms with Gasteiger partial charge >= 0.3 is 0 Å². The Bertz CT molecular complexity index is 250. The summed E-state index contributed by atoms with van der Waals surface area (Å²) in [5.41, 5.74) is 6.96. The van der Waals surface area contributed by atoms with Crippen molar-refractivity contribution in [2.24, 2.45) is 5.73 Å². The third-order valence-electron chi connectivity index (χ3n) is 2.36. The monoisotopic (exact) mass is 167 g/mol. The summed E-state index contributed by atoms with van der Waals surface area (Å²) in [6.45, 7) is 7.10. The van der Waals surface area contributed by atoms with Crippen LogP contribution in [0.25, 0.3) is 0 Å². The second kappa shape index (κ2) is 3.31. The largest absolute Gasteiger partial charge is 0.469 e. The zero-order valence-corrected chi connectivity index (χ0v) is 8.05. The molecule has 0 radical (unpaired) electrons. The number of hydrogen-bond acceptors (Lipinski definition) is 2. The predicted octanol–water partition coefficient (Wildman–Crippen LogP) is 2.21. The van der Waals surface area contributed by atoms with E-state index in [2.05, 4.69) is 13.8 Å². The molecule has 0 aliphatic heterocycles. The maximum Gasteiger partial charge on any atom is 0.104 e. The van der Waals surface area contributed by atoms with E-state index in [0.29, 0.717) is 0 Å². The predicted molar refractivity (Wildman–Crippen MR) is 50.1 cm³/mol. The van der Waals surface area contributed by atoms with E-state index in [-0.39, 0.29) is 5.41 Å². The minimum Gasteiger partial charge on any atom is -0.469 e. The van der Waals surface area contributed by atoms with Crippen molar-refractivity contribution in [2.45, 2.75) is 32.6 Å². The van der Waals surface area contributed by atoms with Gasteiger partial charge in [0.2, 0.25) is 0 Å². The van der Waals surface area contributed by atoms with Crippen LogP contribution in [0.15, 0.2) is 16.7 Å². The van der Waals surface area contributed by atoms with Crippen LogP contribution in [0.3, 0.4) is 0 Å². The Morgan fingerprint density at radius 3 is 2.58 bits per heavy atom. The minimum atomic E-state index is 0.145. The van der Waals surface area contributed by atoms with E-state index in [0.717, 1.165) is 18.7 Å². The lowest BCUT2D eigenvalue weighted by Gasteiger charge is -2.23. The Morgan fingerprint density at radius 1 is 1.50 bits per heavy atom. The van der Waals surface area contributed by atoms with Crippen molar-refractivity contribution in [1.29, 1.82) is 0 Å². The first-order valence-electron chi connectivity index (χ1n) is 4.32. The molecule has 0 saturated heterocycles. The molecule has 0 saturated carbocycles. The first-order valence-corrected chi connectivity index (χ1v) is 4.32. The van der Waals surface area contributed by atoms with Crippen LogP contribution >= 0.6 is 0 Å². The van der Waals surface area contributed by atoms with Crippen LogP contribution in [0.4, 0.5) is 0 Å². The van der Waals surface area contributed by atoms with Crippen molar-refractivity contribution in [3.8, 4) is 0 Å². The SMILES string of the molecule is Cc1occc1C(C)(C)CCN. The number of hydrogen-bond donors (Lipinski definition) is 1. The molecule has 0 bridgehead atoms. The van der Waals surface area contributed by atoms with E-state index in [1.54, 1.807) is 6.26 Å². The average Bonchev–Trinajstić information content (AvgIpc) is 2.35. The fraction of sp³-hybridized carbons (Fsp3) is 0.600. The van der Waals surface area contributed by atoms with E-state index < -0.39 is 0 Å². The van der Waals surface area contributed by atoms with Crippen molar-refractivity contribution < 1.29 is 4.42 Å². The van der Waals surface area contributed by atoms with E-state index in [9.17, 15) is 0 Å². The standard InChI is InChI=1S/C10H17NO/c1-8-9(4-7-12-8)10(2,3)5-6-11/h4,7H,5-6,11H2,1-3H3. The van der Waals surface area contributed by atoms with Crippen molar-refractivity contribution >= 4 is 0 Å². The molecule has 0 aromatic carbocycles. The lowest BCUT2D eigenvalue weighted by atomic mass is 9.82. The molecule has 0 aliphatic carbocycles. The lowest BCUT2D eigenvalue weighted by molar-refractivity contribution is 0.462. The van der Waals surface area contributed by atoms with Crippen molar-refractivity contribution in [1.82, 2.24) is 0 Å². The van der Waals surface area contributed by atoms with Crippen molar-refractivity contribution in [2.75, 3.05) is 6.54 Å². The van der Waals surface area contributed by atoms with Gasteiger partial charge in [0, 0.05) is 0 Å². The number of aryl methyl sites for hydroxylation is 1. The van der Waals surface area contributed by atoms with Crippen LogP contribution in [0.5, 0.6) is 0 Å². The summed E-state index contributed by atoms with van der Waals surface area (Å²) in [5, 5.41) is 0. The van der Waals surface area contributed by atoms with Crippen LogP contribution in [0.1, 0.15) is 31.6 Å². The fourth-order valence-corrected chi connectivity index (χ4v) is 1.58. The molecular weight excluding hydrogens is 150 g/mol. The summed E-state index contributed by atoms with van der Waals surface area (Å²) >= 11 is 0. The van der Waals surface area contributed by atoms with E-state index in [4.69, 9.17) is 10.2 Å². The molecule has 0 fully saturated rings. The molecule has 68 valence electrons. The first kappa shape index (κ1) is 9.33. The molecule has 1 aromatic heterocycles. The molecule has 12 heavy (non-hydrogen) atoms. The summed E-state index contributed by atoms with van der Waals surface area (Å²) < 4.78 is 5.26. The quantitative estimate of drug-likeness (QED) is 0.749. The first-order chi connectivity index (χ1) is 5.58. The van der Waals surface area contributed by atoms with Gasteiger partial charge < -0.3 is 10.2 Å². The third kappa shape index (κ3) is 1.69. The molecule has 0 unspecified atom stereocenters. The Kier molecular flexibility index (Phi) is 2.58. The van der Waals surface area contributed by atoms with Gasteiger partial charge in [-0.15, -0.1) is 0 Å². The third-order valence-corrected chi connectivity index (χ3v) is 2.36. The molecule has 0 amide bonds. The molecule has 0 aliphatic rings. The maximum atomic E-state index is 5.54. The second-order valence-electron chi connectivity index (χ2n) is 3.81. The molecule has 1 aromatic rings. The highest BCUT2D eigenvalue weighted by atomic mass is 16.3. The van der Waals surface area contributed by atoms with Gasteiger partial charge in [0.25, 0.3) is 0 Å². The molecule has 1 rings (SSSR count). The molecule has 2 nitrogen and oxygen atoms in total. The second-order valence-corrected chi connectivity index (χ2v) is 3.81. The van der Waals surface area contributed by atoms with Crippen LogP contribution in [0, 0.1) is 6.92 Å². The molecule has 2 N–H and O–H groups in total. The molecular formula is C10H17NO. The summed E-state index contributed by atoms with van der Waals surface area (Å²) in [7, 11) is 0. The van der Waals surface area contributed by atoms with E-state index >= 15 is 0 Å². The Morgan fingerprint density at radius 2 is 2.17 bits per heavy atom. The molecule has 2 heteroatoms. The summed E-state index contributed by atoms with van der Waals surface area (Å²) in [6, 6.07) is 2.03. The van der Waals surface area contributed by atoms with Crippen LogP contribution in [-0.2, 0) is 5.41 Å². The van der Waals surface area contributed by atoms with Crippen LogP contribution < -0.4 is 5.73 Å². The lowest BCUT2D eigenvalue weighted by Crippen LogP contribution is -2.21. The Balaban J connectivity index is 2.88. The topological polar surface area (TPSA) is 39.2 Å². The number of nitrogens with two attached hydrogens (primary N) is 1. The van der Waals surface area contributed by atoms with E-state index in [1.807, 2.05) is 13.0 Å². The highest BCUT2D eigenvalue weighted by Crippen LogP contribution is 2.29. The van der Waals surface area contributed by atoms with Gasteiger partial charge in [0.1, 0.15) is 5.76 Å². The van der Waals surface area contributed by atoms with Gasteiger partial charge in [-0.3, -0.25) is 0 Å². The number of furan rings is 1. The molecule has 1 heterocycles. The van der Waals surface area contributed by atoms with Gasteiger partial charge in [0.05, 0.1) is 6.26 Å². The fourth-order valence-electron chi connectivity index (χ4n) is 1.58. The summed E-state index contributed by atoms with van der Waals surface area (Å²) in [4.78, 5) is 0. The van der Waals surface area contributed by atoms with Crippen LogP contribution in [0.2, 0.25) is 0 Å². The zero-order valence-electron chi connectivity index (χ0n) is 8.05. The Labute approximate surface area is 73.8 Å². The van der Waals surface area contributed by atoms with Crippen LogP contribution in [-0.4, -0.2) is 6.54 Å². The highest BCUT2D eigenvalue weighted by molar-refractivity contribution is 5.24. The normalized spacial score (nSPS) is 12.0. The molecule has 0 atom stereocenters. The minimum absolute atomic E-state index is 0.145. The van der Waals surface area contributed by atoms with Crippen molar-refractivity contribution in [3.05, 3.63) is 23.7 Å². The molecule has 0 spiro atoms. The van der Waals surface area contributed by atoms with E-state index in [1.165, 1.54) is 5.56 Å². The average molecular weight is 167 g/mol. The Hall–Kier alpha value is -0.760.